The van der Waals surface area contributed by atoms with Crippen molar-refractivity contribution in [1.82, 2.24) is 0 Å². The first-order valence-electron chi connectivity index (χ1n) is 6.34. The maximum atomic E-state index is 13.0. The highest BCUT2D eigenvalue weighted by atomic mass is 32.2. The molecule has 0 radical (unpaired) electrons. The molecular formula is C15H16F3N3S. The van der Waals surface area contributed by atoms with Crippen LogP contribution >= 0.6 is 11.8 Å². The molecule has 1 rings (SSSR count). The van der Waals surface area contributed by atoms with Crippen molar-refractivity contribution < 1.29 is 13.2 Å². The number of halogens is 3. The topological polar surface area (TPSA) is 61.8 Å². The van der Waals surface area contributed by atoms with Gasteiger partial charge in [0.1, 0.15) is 4.91 Å². The third-order valence-electron chi connectivity index (χ3n) is 2.87. The third kappa shape index (κ3) is 3.98. The van der Waals surface area contributed by atoms with Crippen LogP contribution in [0, 0.1) is 11.3 Å². The van der Waals surface area contributed by atoms with E-state index in [4.69, 9.17) is 11.0 Å². The summed E-state index contributed by atoms with van der Waals surface area (Å²) in [5.41, 5.74) is 6.56. The van der Waals surface area contributed by atoms with Crippen LogP contribution in [0.25, 0.3) is 5.57 Å². The molecule has 0 aliphatic carbocycles. The van der Waals surface area contributed by atoms with E-state index in [-0.39, 0.29) is 5.57 Å². The molecular weight excluding hydrogens is 311 g/mol. The number of rotatable bonds is 5. The fourth-order valence-electron chi connectivity index (χ4n) is 1.87. The predicted octanol–water partition coefficient (Wildman–Crippen LogP) is 4.10. The molecule has 0 amide bonds. The van der Waals surface area contributed by atoms with Crippen molar-refractivity contribution in [2.75, 3.05) is 18.1 Å². The molecule has 0 unspecified atom stereocenters. The minimum Gasteiger partial charge on any atom is -0.397 e. The molecule has 3 N–H and O–H groups in total. The van der Waals surface area contributed by atoms with Crippen LogP contribution < -0.4 is 11.1 Å². The van der Waals surface area contributed by atoms with Gasteiger partial charge in [-0.25, -0.2) is 0 Å². The zero-order chi connectivity index (χ0) is 16.9. The maximum Gasteiger partial charge on any atom is 0.424 e. The van der Waals surface area contributed by atoms with Crippen LogP contribution in [0.3, 0.4) is 0 Å². The highest BCUT2D eigenvalue weighted by Crippen LogP contribution is 2.38. The molecule has 7 heteroatoms. The number of anilines is 1. The van der Waals surface area contributed by atoms with Gasteiger partial charge in [0.15, 0.2) is 0 Å². The van der Waals surface area contributed by atoms with Crippen molar-refractivity contribution in [3.63, 3.8) is 0 Å². The molecule has 3 nitrogen and oxygen atoms in total. The summed E-state index contributed by atoms with van der Waals surface area (Å²) in [6.45, 7) is 6.11. The fourth-order valence-corrected chi connectivity index (χ4v) is 2.44. The second-order valence-electron chi connectivity index (χ2n) is 4.33. The van der Waals surface area contributed by atoms with E-state index in [1.807, 2.05) is 13.0 Å². The van der Waals surface area contributed by atoms with Gasteiger partial charge in [0.05, 0.1) is 17.3 Å². The molecule has 0 saturated heterocycles. The minimum atomic E-state index is -4.54. The van der Waals surface area contributed by atoms with Gasteiger partial charge in [-0.15, -0.1) is 11.8 Å². The third-order valence-corrected chi connectivity index (χ3v) is 3.73. The summed E-state index contributed by atoms with van der Waals surface area (Å²) in [5.74, 6) is 0. The maximum absolute atomic E-state index is 13.0. The van der Waals surface area contributed by atoms with E-state index in [1.54, 1.807) is 12.1 Å². The van der Waals surface area contributed by atoms with E-state index in [2.05, 4.69) is 11.9 Å². The number of benzene rings is 1. The SMILES string of the molecule is C=C(/C(N)=C(/SC)C(F)(F)F)c1cc(C#N)ccc1NCC. The first-order chi connectivity index (χ1) is 10.3. The van der Waals surface area contributed by atoms with Gasteiger partial charge >= 0.3 is 6.18 Å². The molecule has 0 atom stereocenters. The largest absolute Gasteiger partial charge is 0.424 e. The van der Waals surface area contributed by atoms with Crippen molar-refractivity contribution in [2.45, 2.75) is 13.1 Å². The molecule has 0 spiro atoms. The second-order valence-corrected chi connectivity index (χ2v) is 5.14. The Balaban J connectivity index is 3.44. The van der Waals surface area contributed by atoms with Crippen molar-refractivity contribution in [3.8, 4) is 6.07 Å². The van der Waals surface area contributed by atoms with Gasteiger partial charge in [-0.2, -0.15) is 18.4 Å². The van der Waals surface area contributed by atoms with Crippen LogP contribution in [0.4, 0.5) is 18.9 Å². The smallest absolute Gasteiger partial charge is 0.397 e. The van der Waals surface area contributed by atoms with Crippen LogP contribution in [0.1, 0.15) is 18.1 Å². The quantitative estimate of drug-likeness (QED) is 0.799. The lowest BCUT2D eigenvalue weighted by molar-refractivity contribution is -0.0841. The number of nitriles is 1. The monoisotopic (exact) mass is 327 g/mol. The Morgan fingerprint density at radius 3 is 2.55 bits per heavy atom. The summed E-state index contributed by atoms with van der Waals surface area (Å²) in [6.07, 6.45) is -3.24. The molecule has 118 valence electrons. The molecule has 0 heterocycles. The van der Waals surface area contributed by atoms with Crippen LogP contribution in [-0.2, 0) is 0 Å². The summed E-state index contributed by atoms with van der Waals surface area (Å²) in [6, 6.07) is 6.63. The Hall–Kier alpha value is -2.07. The number of allylic oxidation sites excluding steroid dienone is 2. The van der Waals surface area contributed by atoms with Crippen LogP contribution in [0.15, 0.2) is 35.4 Å². The Labute approximate surface area is 131 Å². The van der Waals surface area contributed by atoms with Crippen molar-refractivity contribution in [2.24, 2.45) is 5.73 Å². The number of alkyl halides is 3. The van der Waals surface area contributed by atoms with Crippen LogP contribution in [0.2, 0.25) is 0 Å². The molecule has 0 aromatic heterocycles. The first kappa shape index (κ1) is 18.0. The van der Waals surface area contributed by atoms with Crippen molar-refractivity contribution in [1.29, 1.82) is 5.26 Å². The zero-order valence-electron chi connectivity index (χ0n) is 12.2. The van der Waals surface area contributed by atoms with Gasteiger partial charge < -0.3 is 11.1 Å². The Kier molecular flexibility index (Phi) is 5.94. The highest BCUT2D eigenvalue weighted by Gasteiger charge is 2.36. The lowest BCUT2D eigenvalue weighted by Gasteiger charge is -2.17. The summed E-state index contributed by atoms with van der Waals surface area (Å²) in [7, 11) is 0. The Morgan fingerprint density at radius 1 is 1.45 bits per heavy atom. The van der Waals surface area contributed by atoms with Crippen molar-refractivity contribution in [3.05, 3.63) is 46.5 Å². The number of nitrogens with zero attached hydrogens (tertiary/aromatic N) is 1. The molecule has 1 aromatic rings. The van der Waals surface area contributed by atoms with Gasteiger partial charge in [-0.3, -0.25) is 0 Å². The average Bonchev–Trinajstić information content (AvgIpc) is 2.46. The van der Waals surface area contributed by atoms with Gasteiger partial charge in [0.25, 0.3) is 0 Å². The van der Waals surface area contributed by atoms with E-state index < -0.39 is 16.8 Å². The molecule has 0 aliphatic heterocycles. The molecule has 1 aromatic carbocycles. The van der Waals surface area contributed by atoms with Gasteiger partial charge in [-0.1, -0.05) is 6.58 Å². The lowest BCUT2D eigenvalue weighted by Crippen LogP contribution is -2.16. The number of hydrogen-bond acceptors (Lipinski definition) is 4. The highest BCUT2D eigenvalue weighted by molar-refractivity contribution is 8.02. The van der Waals surface area contributed by atoms with E-state index in [9.17, 15) is 13.2 Å². The molecule has 22 heavy (non-hydrogen) atoms. The van der Waals surface area contributed by atoms with E-state index >= 15 is 0 Å². The van der Waals surface area contributed by atoms with E-state index in [0.717, 1.165) is 0 Å². The number of thioether (sulfide) groups is 1. The zero-order valence-corrected chi connectivity index (χ0v) is 13.0. The Bertz CT molecular complexity index is 642. The van der Waals surface area contributed by atoms with E-state index in [1.165, 1.54) is 12.3 Å². The molecule has 0 saturated carbocycles. The standard InChI is InChI=1S/C15H16F3N3S/c1-4-21-12-6-5-10(8-19)7-11(12)9(2)13(20)14(22-3)15(16,17)18/h5-7,21H,2,4,20H2,1,3H3/b14-13-. The average molecular weight is 327 g/mol. The van der Waals surface area contributed by atoms with Crippen LogP contribution in [-0.4, -0.2) is 19.0 Å². The fraction of sp³-hybridized carbons (Fsp3) is 0.267. The summed E-state index contributed by atoms with van der Waals surface area (Å²) in [4.78, 5) is -0.901. The molecule has 0 fully saturated rings. The summed E-state index contributed by atoms with van der Waals surface area (Å²) < 4.78 is 38.9. The van der Waals surface area contributed by atoms with Gasteiger partial charge in [0, 0.05) is 23.4 Å². The van der Waals surface area contributed by atoms with Gasteiger partial charge in [-0.05, 0) is 31.4 Å². The van der Waals surface area contributed by atoms with Crippen molar-refractivity contribution >= 4 is 23.0 Å². The minimum absolute atomic E-state index is 0.0368. The second kappa shape index (κ2) is 7.27. The summed E-state index contributed by atoms with van der Waals surface area (Å²) in [5, 5.41) is 12.0. The first-order valence-corrected chi connectivity index (χ1v) is 7.57. The van der Waals surface area contributed by atoms with Gasteiger partial charge in [0.2, 0.25) is 0 Å². The lowest BCUT2D eigenvalue weighted by atomic mass is 9.99. The summed E-state index contributed by atoms with van der Waals surface area (Å²) >= 11 is 0.521. The molecule has 0 aliphatic rings. The molecule has 0 bridgehead atoms. The van der Waals surface area contributed by atoms with Crippen LogP contribution in [0.5, 0.6) is 0 Å². The normalized spacial score (nSPS) is 12.4. The Morgan fingerprint density at radius 2 is 2.09 bits per heavy atom. The number of nitrogens with one attached hydrogen (secondary N) is 1. The predicted molar refractivity (Wildman–Crippen MR) is 85.1 cm³/mol. The number of nitrogens with two attached hydrogens (primary N) is 1. The van der Waals surface area contributed by atoms with E-state index in [0.29, 0.717) is 35.1 Å². The number of hydrogen-bond donors (Lipinski definition) is 2.